The van der Waals surface area contributed by atoms with Gasteiger partial charge < -0.3 is 4.74 Å². The number of carbonyl (C=O) groups is 2. The number of aryl methyl sites for hydroxylation is 1. The van der Waals surface area contributed by atoms with Crippen LogP contribution in [0.5, 0.6) is 5.75 Å². The number of aromatic nitrogens is 1. The van der Waals surface area contributed by atoms with E-state index in [0.717, 1.165) is 38.8 Å². The zero-order chi connectivity index (χ0) is 27.4. The van der Waals surface area contributed by atoms with Crippen LogP contribution >= 0.6 is 0 Å². The maximum atomic E-state index is 13.6. The molecule has 38 heavy (non-hydrogen) atoms. The first-order valence-electron chi connectivity index (χ1n) is 13.1. The Bertz CT molecular complexity index is 1470. The van der Waals surface area contributed by atoms with E-state index in [-0.39, 0.29) is 17.1 Å². The minimum absolute atomic E-state index is 0.0149. The lowest BCUT2D eigenvalue weighted by Gasteiger charge is -2.27. The number of methoxy groups -OCH3 is 1. The minimum atomic E-state index is -0.170. The van der Waals surface area contributed by atoms with Gasteiger partial charge in [0.2, 0.25) is 5.91 Å². The highest BCUT2D eigenvalue weighted by molar-refractivity contribution is 6.05. The molecule has 0 bridgehead atoms. The second-order valence-electron chi connectivity index (χ2n) is 10.9. The molecule has 0 aliphatic rings. The van der Waals surface area contributed by atoms with Crippen LogP contribution in [0.4, 0.5) is 5.82 Å². The first-order valence-corrected chi connectivity index (χ1v) is 13.1. The van der Waals surface area contributed by atoms with E-state index in [4.69, 9.17) is 4.74 Å². The SMILES string of the molecule is CCC(=O)c1ccc2c(N(Cc3ccc(-c4ccc(OC)c(C)c4)cc3)C(=O)CC(C)(C)C)nccc2c1. The number of ether oxygens (including phenoxy) is 1. The summed E-state index contributed by atoms with van der Waals surface area (Å²) < 4.78 is 5.39. The van der Waals surface area contributed by atoms with Crippen molar-refractivity contribution in [3.8, 4) is 16.9 Å². The maximum Gasteiger partial charge on any atom is 0.229 e. The lowest BCUT2D eigenvalue weighted by Crippen LogP contribution is -2.34. The molecule has 1 heterocycles. The van der Waals surface area contributed by atoms with E-state index < -0.39 is 0 Å². The standard InChI is InChI=1S/C33H36N2O3/c1-7-29(36)27-12-14-28-26(19-27)16-17-34-32(28)35(31(37)20-33(3,4)5)21-23-8-10-24(11-9-23)25-13-15-30(38-6)22(2)18-25/h8-19H,7,20-21H2,1-6H3. The second-order valence-corrected chi connectivity index (χ2v) is 10.9. The van der Waals surface area contributed by atoms with E-state index in [9.17, 15) is 9.59 Å². The van der Waals surface area contributed by atoms with Gasteiger partial charge in [-0.1, -0.05) is 64.1 Å². The third-order valence-corrected chi connectivity index (χ3v) is 6.65. The minimum Gasteiger partial charge on any atom is -0.496 e. The molecule has 0 N–H and O–H groups in total. The molecule has 3 aromatic carbocycles. The van der Waals surface area contributed by atoms with Gasteiger partial charge >= 0.3 is 0 Å². The van der Waals surface area contributed by atoms with Gasteiger partial charge in [-0.15, -0.1) is 0 Å². The monoisotopic (exact) mass is 508 g/mol. The average Bonchev–Trinajstić information content (AvgIpc) is 2.90. The number of hydrogen-bond acceptors (Lipinski definition) is 4. The number of ketones is 1. The average molecular weight is 509 g/mol. The molecule has 4 aromatic rings. The van der Waals surface area contributed by atoms with E-state index >= 15 is 0 Å². The van der Waals surface area contributed by atoms with Crippen molar-refractivity contribution < 1.29 is 14.3 Å². The molecule has 5 nitrogen and oxygen atoms in total. The van der Waals surface area contributed by atoms with Crippen molar-refractivity contribution in [2.24, 2.45) is 5.41 Å². The van der Waals surface area contributed by atoms with Crippen LogP contribution < -0.4 is 9.64 Å². The van der Waals surface area contributed by atoms with Crippen LogP contribution in [0.1, 0.15) is 62.0 Å². The van der Waals surface area contributed by atoms with Gasteiger partial charge in [-0.05, 0) is 70.3 Å². The van der Waals surface area contributed by atoms with Gasteiger partial charge in [0.15, 0.2) is 5.78 Å². The van der Waals surface area contributed by atoms with Gasteiger partial charge in [-0.25, -0.2) is 4.98 Å². The summed E-state index contributed by atoms with van der Waals surface area (Å²) in [4.78, 5) is 32.3. The third kappa shape index (κ3) is 6.10. The van der Waals surface area contributed by atoms with Gasteiger partial charge in [-0.3, -0.25) is 14.5 Å². The molecule has 0 aliphatic carbocycles. The molecule has 0 saturated carbocycles. The Balaban J connectivity index is 1.69. The molecular formula is C33H36N2O3. The largest absolute Gasteiger partial charge is 0.496 e. The Labute approximate surface area is 225 Å². The highest BCUT2D eigenvalue weighted by Gasteiger charge is 2.25. The number of nitrogens with zero attached hydrogens (tertiary/aromatic N) is 2. The number of amides is 1. The molecule has 0 spiro atoms. The summed E-state index contributed by atoms with van der Waals surface area (Å²) in [5.41, 5.74) is 4.81. The Morgan fingerprint density at radius 1 is 0.921 bits per heavy atom. The molecule has 4 rings (SSSR count). The zero-order valence-corrected chi connectivity index (χ0v) is 23.2. The zero-order valence-electron chi connectivity index (χ0n) is 23.2. The van der Waals surface area contributed by atoms with E-state index in [1.165, 1.54) is 0 Å². The summed E-state index contributed by atoms with van der Waals surface area (Å²) in [5, 5.41) is 1.75. The Hall–Kier alpha value is -3.99. The number of carbonyl (C=O) groups excluding carboxylic acids is 2. The fourth-order valence-corrected chi connectivity index (χ4v) is 4.63. The van der Waals surface area contributed by atoms with Crippen LogP contribution in [0.3, 0.4) is 0 Å². The number of rotatable bonds is 8. The van der Waals surface area contributed by atoms with Gasteiger partial charge in [0.25, 0.3) is 0 Å². The molecule has 5 heteroatoms. The Morgan fingerprint density at radius 2 is 1.63 bits per heavy atom. The smallest absolute Gasteiger partial charge is 0.229 e. The van der Waals surface area contributed by atoms with Crippen molar-refractivity contribution in [2.75, 3.05) is 12.0 Å². The number of fused-ring (bicyclic) bond motifs is 1. The summed E-state index contributed by atoms with van der Waals surface area (Å²) in [6, 6.07) is 22.0. The summed E-state index contributed by atoms with van der Waals surface area (Å²) in [7, 11) is 1.68. The fourth-order valence-electron chi connectivity index (χ4n) is 4.63. The van der Waals surface area contributed by atoms with Crippen molar-refractivity contribution in [1.29, 1.82) is 0 Å². The van der Waals surface area contributed by atoms with Crippen LogP contribution in [0, 0.1) is 12.3 Å². The van der Waals surface area contributed by atoms with Crippen molar-refractivity contribution in [1.82, 2.24) is 4.98 Å². The second kappa shape index (κ2) is 11.2. The number of anilines is 1. The topological polar surface area (TPSA) is 59.5 Å². The quantitative estimate of drug-likeness (QED) is 0.228. The Morgan fingerprint density at radius 3 is 2.26 bits per heavy atom. The van der Waals surface area contributed by atoms with Crippen LogP contribution in [-0.2, 0) is 11.3 Å². The third-order valence-electron chi connectivity index (χ3n) is 6.65. The molecule has 0 fully saturated rings. The Kier molecular flexibility index (Phi) is 7.96. The molecule has 1 amide bonds. The highest BCUT2D eigenvalue weighted by Crippen LogP contribution is 2.31. The van der Waals surface area contributed by atoms with E-state index in [1.807, 2.05) is 44.2 Å². The normalized spacial score (nSPS) is 11.4. The molecule has 0 saturated heterocycles. The number of pyridine rings is 1. The molecule has 0 radical (unpaired) electrons. The highest BCUT2D eigenvalue weighted by atomic mass is 16.5. The van der Waals surface area contributed by atoms with E-state index in [1.54, 1.807) is 18.2 Å². The summed E-state index contributed by atoms with van der Waals surface area (Å²) in [6.07, 6.45) is 2.55. The van der Waals surface area contributed by atoms with Crippen molar-refractivity contribution in [3.05, 3.63) is 89.6 Å². The number of benzene rings is 3. The van der Waals surface area contributed by atoms with E-state index in [2.05, 4.69) is 62.2 Å². The molecule has 0 aliphatic heterocycles. The van der Waals surface area contributed by atoms with Crippen LogP contribution in [0.25, 0.3) is 21.9 Å². The van der Waals surface area contributed by atoms with Crippen LogP contribution in [0.15, 0.2) is 72.9 Å². The van der Waals surface area contributed by atoms with Crippen molar-refractivity contribution in [3.63, 3.8) is 0 Å². The molecule has 0 atom stereocenters. The summed E-state index contributed by atoms with van der Waals surface area (Å²) in [5.74, 6) is 1.59. The molecule has 0 unspecified atom stereocenters. The number of Topliss-reactive ketones (excluding diaryl/α,β-unsaturated/α-hetero) is 1. The van der Waals surface area contributed by atoms with Crippen LogP contribution in [-0.4, -0.2) is 23.8 Å². The van der Waals surface area contributed by atoms with Crippen LogP contribution in [0.2, 0.25) is 0 Å². The van der Waals surface area contributed by atoms with E-state index in [0.29, 0.717) is 30.8 Å². The van der Waals surface area contributed by atoms with Crippen molar-refractivity contribution >= 4 is 28.3 Å². The number of hydrogen-bond donors (Lipinski definition) is 0. The first kappa shape index (κ1) is 27.1. The first-order chi connectivity index (χ1) is 18.1. The summed E-state index contributed by atoms with van der Waals surface area (Å²) >= 11 is 0. The molecule has 1 aromatic heterocycles. The lowest BCUT2D eigenvalue weighted by molar-refractivity contribution is -0.120. The molecule has 196 valence electrons. The van der Waals surface area contributed by atoms with Crippen molar-refractivity contribution in [2.45, 2.75) is 54.0 Å². The molecular weight excluding hydrogens is 472 g/mol. The predicted octanol–water partition coefficient (Wildman–Crippen LogP) is 7.78. The van der Waals surface area contributed by atoms with Gasteiger partial charge in [0, 0.05) is 30.0 Å². The van der Waals surface area contributed by atoms with Gasteiger partial charge in [0.05, 0.1) is 13.7 Å². The van der Waals surface area contributed by atoms with Gasteiger partial charge in [0.1, 0.15) is 11.6 Å². The predicted molar refractivity (Wildman–Crippen MR) is 155 cm³/mol. The fraction of sp³-hybridized carbons (Fsp3) is 0.303. The summed E-state index contributed by atoms with van der Waals surface area (Å²) in [6.45, 7) is 10.5. The van der Waals surface area contributed by atoms with Gasteiger partial charge in [-0.2, -0.15) is 0 Å². The maximum absolute atomic E-state index is 13.6. The lowest BCUT2D eigenvalue weighted by atomic mass is 9.91.